The Balaban J connectivity index is 2.98. The summed E-state index contributed by atoms with van der Waals surface area (Å²) in [5, 5.41) is 3.21. The van der Waals surface area contributed by atoms with Crippen LogP contribution in [0.2, 0.25) is 0 Å². The third kappa shape index (κ3) is 4.20. The van der Waals surface area contributed by atoms with E-state index in [2.05, 4.69) is 24.1 Å². The fourth-order valence-corrected chi connectivity index (χ4v) is 2.00. The Bertz CT molecular complexity index is 423. The first-order valence-corrected chi connectivity index (χ1v) is 7.13. The quantitative estimate of drug-likeness (QED) is 0.794. The molecule has 0 saturated heterocycles. The molecule has 0 aromatic carbocycles. The zero-order valence-electron chi connectivity index (χ0n) is 12.8. The number of amides is 1. The largest absolute Gasteiger partial charge is 0.385 e. The minimum atomic E-state index is 0.000417. The third-order valence-corrected chi connectivity index (χ3v) is 3.34. The molecule has 20 heavy (non-hydrogen) atoms. The van der Waals surface area contributed by atoms with E-state index in [1.807, 2.05) is 17.9 Å². The van der Waals surface area contributed by atoms with Crippen LogP contribution in [0.1, 0.15) is 37.6 Å². The summed E-state index contributed by atoms with van der Waals surface area (Å²) in [6.45, 7) is 8.03. The van der Waals surface area contributed by atoms with Crippen molar-refractivity contribution in [1.29, 1.82) is 0 Å². The Morgan fingerprint density at radius 2 is 2.25 bits per heavy atom. The van der Waals surface area contributed by atoms with Gasteiger partial charge in [-0.05, 0) is 26.3 Å². The lowest BCUT2D eigenvalue weighted by Gasteiger charge is -2.29. The van der Waals surface area contributed by atoms with E-state index in [0.29, 0.717) is 18.7 Å². The Hall–Kier alpha value is -1.62. The fraction of sp³-hybridized carbons (Fsp3) is 0.600. The number of anilines is 1. The van der Waals surface area contributed by atoms with E-state index in [9.17, 15) is 4.79 Å². The van der Waals surface area contributed by atoms with Gasteiger partial charge in [-0.15, -0.1) is 0 Å². The Morgan fingerprint density at radius 3 is 2.85 bits per heavy atom. The Kier molecular flexibility index (Phi) is 7.01. The second kappa shape index (κ2) is 8.53. The molecule has 5 nitrogen and oxygen atoms in total. The molecule has 1 aromatic rings. The minimum absolute atomic E-state index is 0.000417. The average Bonchev–Trinajstić information content (AvgIpc) is 2.48. The molecule has 1 atom stereocenters. The zero-order chi connectivity index (χ0) is 15.0. The lowest BCUT2D eigenvalue weighted by molar-refractivity contribution is 0.0614. The van der Waals surface area contributed by atoms with Gasteiger partial charge in [0.15, 0.2) is 0 Å². The molecule has 1 unspecified atom stereocenters. The molecule has 0 aliphatic rings. The molecular formula is C15H25N3O2. The Labute approximate surface area is 121 Å². The van der Waals surface area contributed by atoms with Gasteiger partial charge in [-0.3, -0.25) is 9.78 Å². The molecule has 1 aromatic heterocycles. The molecule has 112 valence electrons. The van der Waals surface area contributed by atoms with Gasteiger partial charge in [0.2, 0.25) is 0 Å². The standard InChI is InChI=1S/C15H25N3O2/c1-5-12(3)18(9-10-20-4)15(19)13-11-16-8-7-14(13)17-6-2/h7-8,11-12H,5-6,9-10H2,1-4H3,(H,16,17). The number of aromatic nitrogens is 1. The summed E-state index contributed by atoms with van der Waals surface area (Å²) in [7, 11) is 1.65. The summed E-state index contributed by atoms with van der Waals surface area (Å²) in [6.07, 6.45) is 4.23. The Morgan fingerprint density at radius 1 is 1.50 bits per heavy atom. The van der Waals surface area contributed by atoms with E-state index >= 15 is 0 Å². The summed E-state index contributed by atoms with van der Waals surface area (Å²) in [5.74, 6) is 0.000417. The van der Waals surface area contributed by atoms with E-state index in [-0.39, 0.29) is 11.9 Å². The molecule has 0 radical (unpaired) electrons. The lowest BCUT2D eigenvalue weighted by Crippen LogP contribution is -2.40. The van der Waals surface area contributed by atoms with E-state index in [4.69, 9.17) is 4.74 Å². The fourth-order valence-electron chi connectivity index (χ4n) is 2.00. The monoisotopic (exact) mass is 279 g/mol. The maximum Gasteiger partial charge on any atom is 0.257 e. The van der Waals surface area contributed by atoms with Crippen LogP contribution in [-0.4, -0.2) is 48.6 Å². The van der Waals surface area contributed by atoms with Crippen molar-refractivity contribution in [3.05, 3.63) is 24.0 Å². The van der Waals surface area contributed by atoms with Gasteiger partial charge in [0.05, 0.1) is 17.9 Å². The number of carbonyl (C=O) groups is 1. The molecule has 1 rings (SSSR count). The van der Waals surface area contributed by atoms with Crippen LogP contribution in [0.25, 0.3) is 0 Å². The molecule has 0 bridgehead atoms. The number of carbonyl (C=O) groups excluding carboxylic acids is 1. The molecule has 1 N–H and O–H groups in total. The van der Waals surface area contributed by atoms with Crippen LogP contribution in [0.3, 0.4) is 0 Å². The molecule has 5 heteroatoms. The van der Waals surface area contributed by atoms with Crippen LogP contribution in [0.4, 0.5) is 5.69 Å². The van der Waals surface area contributed by atoms with E-state index in [0.717, 1.165) is 18.7 Å². The van der Waals surface area contributed by atoms with Crippen molar-refractivity contribution < 1.29 is 9.53 Å². The van der Waals surface area contributed by atoms with Crippen molar-refractivity contribution in [2.24, 2.45) is 0 Å². The summed E-state index contributed by atoms with van der Waals surface area (Å²) in [6, 6.07) is 2.01. The summed E-state index contributed by atoms with van der Waals surface area (Å²) >= 11 is 0. The van der Waals surface area contributed by atoms with Gasteiger partial charge >= 0.3 is 0 Å². The topological polar surface area (TPSA) is 54.5 Å². The SMILES string of the molecule is CCNc1ccncc1C(=O)N(CCOC)C(C)CC. The highest BCUT2D eigenvalue weighted by Crippen LogP contribution is 2.18. The maximum atomic E-state index is 12.7. The van der Waals surface area contributed by atoms with Crippen molar-refractivity contribution in [2.45, 2.75) is 33.2 Å². The van der Waals surface area contributed by atoms with Crippen molar-refractivity contribution in [1.82, 2.24) is 9.88 Å². The first-order valence-electron chi connectivity index (χ1n) is 7.13. The van der Waals surface area contributed by atoms with Gasteiger partial charge in [0.25, 0.3) is 5.91 Å². The highest BCUT2D eigenvalue weighted by atomic mass is 16.5. The molecule has 0 spiro atoms. The third-order valence-electron chi connectivity index (χ3n) is 3.34. The molecule has 0 aliphatic heterocycles. The lowest BCUT2D eigenvalue weighted by atomic mass is 10.1. The molecule has 0 fully saturated rings. The molecule has 1 amide bonds. The van der Waals surface area contributed by atoms with Crippen molar-refractivity contribution in [3.8, 4) is 0 Å². The number of nitrogens with zero attached hydrogens (tertiary/aromatic N) is 2. The number of ether oxygens (including phenoxy) is 1. The number of hydrogen-bond donors (Lipinski definition) is 1. The smallest absolute Gasteiger partial charge is 0.257 e. The van der Waals surface area contributed by atoms with Crippen LogP contribution in [0, 0.1) is 0 Å². The van der Waals surface area contributed by atoms with Crippen molar-refractivity contribution in [3.63, 3.8) is 0 Å². The van der Waals surface area contributed by atoms with E-state index < -0.39 is 0 Å². The van der Waals surface area contributed by atoms with Gasteiger partial charge in [0.1, 0.15) is 0 Å². The molecule has 0 aliphatic carbocycles. The maximum absolute atomic E-state index is 12.7. The highest BCUT2D eigenvalue weighted by Gasteiger charge is 2.22. The van der Waals surface area contributed by atoms with Crippen molar-refractivity contribution in [2.75, 3.05) is 32.1 Å². The number of hydrogen-bond acceptors (Lipinski definition) is 4. The predicted molar refractivity (Wildman–Crippen MR) is 81.1 cm³/mol. The number of methoxy groups -OCH3 is 1. The van der Waals surface area contributed by atoms with Gasteiger partial charge in [-0.25, -0.2) is 0 Å². The first-order chi connectivity index (χ1) is 9.65. The van der Waals surface area contributed by atoms with Crippen LogP contribution >= 0.6 is 0 Å². The average molecular weight is 279 g/mol. The normalized spacial score (nSPS) is 12.0. The van der Waals surface area contributed by atoms with E-state index in [1.54, 1.807) is 19.5 Å². The van der Waals surface area contributed by atoms with Crippen LogP contribution in [-0.2, 0) is 4.74 Å². The predicted octanol–water partition coefficient (Wildman–Crippen LogP) is 2.40. The van der Waals surface area contributed by atoms with Gasteiger partial charge in [0, 0.05) is 38.6 Å². The second-order valence-corrected chi connectivity index (χ2v) is 4.70. The number of pyridine rings is 1. The second-order valence-electron chi connectivity index (χ2n) is 4.70. The highest BCUT2D eigenvalue weighted by molar-refractivity contribution is 5.99. The van der Waals surface area contributed by atoms with Crippen LogP contribution in [0.5, 0.6) is 0 Å². The van der Waals surface area contributed by atoms with Crippen LogP contribution < -0.4 is 5.32 Å². The van der Waals surface area contributed by atoms with Gasteiger partial charge < -0.3 is 15.0 Å². The number of rotatable bonds is 8. The zero-order valence-corrected chi connectivity index (χ0v) is 12.8. The molecule has 0 saturated carbocycles. The summed E-state index contributed by atoms with van der Waals surface area (Å²) < 4.78 is 5.11. The summed E-state index contributed by atoms with van der Waals surface area (Å²) in [5.41, 5.74) is 1.45. The molecule has 1 heterocycles. The van der Waals surface area contributed by atoms with Gasteiger partial charge in [-0.1, -0.05) is 6.92 Å². The number of nitrogens with one attached hydrogen (secondary N) is 1. The van der Waals surface area contributed by atoms with Crippen LogP contribution in [0.15, 0.2) is 18.5 Å². The molecular weight excluding hydrogens is 254 g/mol. The van der Waals surface area contributed by atoms with E-state index in [1.165, 1.54) is 0 Å². The summed E-state index contributed by atoms with van der Waals surface area (Å²) in [4.78, 5) is 18.7. The minimum Gasteiger partial charge on any atom is -0.385 e. The first kappa shape index (κ1) is 16.4. The van der Waals surface area contributed by atoms with Crippen molar-refractivity contribution >= 4 is 11.6 Å². The van der Waals surface area contributed by atoms with Gasteiger partial charge in [-0.2, -0.15) is 0 Å².